The molecule has 0 aliphatic carbocycles. The van der Waals surface area contributed by atoms with Crippen LogP contribution in [0.4, 0.5) is 5.95 Å². The molecule has 0 unspecified atom stereocenters. The summed E-state index contributed by atoms with van der Waals surface area (Å²) in [5, 5.41) is 0. The highest BCUT2D eigenvalue weighted by molar-refractivity contribution is 5.83. The molecule has 2 fully saturated rings. The number of anilines is 1. The van der Waals surface area contributed by atoms with Gasteiger partial charge in [-0.15, -0.1) is 0 Å². The van der Waals surface area contributed by atoms with Crippen LogP contribution < -0.4 is 4.90 Å². The summed E-state index contributed by atoms with van der Waals surface area (Å²) in [6.45, 7) is 4.28. The first-order chi connectivity index (χ1) is 9.65. The van der Waals surface area contributed by atoms with Crippen LogP contribution in [0.25, 0.3) is 0 Å². The van der Waals surface area contributed by atoms with Crippen LogP contribution in [0.5, 0.6) is 0 Å². The molecule has 0 bridgehead atoms. The number of hydrogen-bond acceptors (Lipinski definition) is 5. The second kappa shape index (κ2) is 5.36. The van der Waals surface area contributed by atoms with Gasteiger partial charge in [-0.2, -0.15) is 0 Å². The molecule has 20 heavy (non-hydrogen) atoms. The van der Waals surface area contributed by atoms with E-state index < -0.39 is 0 Å². The zero-order chi connectivity index (χ0) is 14.1. The topological polar surface area (TPSA) is 52.6 Å². The summed E-state index contributed by atoms with van der Waals surface area (Å²) in [5.41, 5.74) is 0. The molecule has 1 aromatic heterocycles. The molecule has 2 atom stereocenters. The molecule has 108 valence electrons. The van der Waals surface area contributed by atoms with E-state index in [0.717, 1.165) is 38.7 Å². The van der Waals surface area contributed by atoms with Gasteiger partial charge >= 0.3 is 0 Å². The van der Waals surface area contributed by atoms with Gasteiger partial charge < -0.3 is 14.7 Å². The molecule has 0 radical (unpaired) electrons. The average Bonchev–Trinajstić information content (AvgIpc) is 2.98. The van der Waals surface area contributed by atoms with Gasteiger partial charge in [0.25, 0.3) is 0 Å². The van der Waals surface area contributed by atoms with E-state index in [1.807, 2.05) is 25.1 Å². The Bertz CT molecular complexity index is 478. The number of likely N-dealkylation sites (tertiary alicyclic amines) is 1. The lowest BCUT2D eigenvalue weighted by Gasteiger charge is -2.22. The maximum Gasteiger partial charge on any atom is 0.227 e. The van der Waals surface area contributed by atoms with Gasteiger partial charge in [0.1, 0.15) is 0 Å². The smallest absolute Gasteiger partial charge is 0.227 e. The molecule has 0 spiro atoms. The van der Waals surface area contributed by atoms with E-state index in [9.17, 15) is 4.79 Å². The third-order valence-corrected chi connectivity index (χ3v) is 4.18. The minimum absolute atomic E-state index is 0.126. The summed E-state index contributed by atoms with van der Waals surface area (Å²) in [5.74, 6) is 1.60. The Morgan fingerprint density at radius 3 is 2.65 bits per heavy atom. The molecule has 0 saturated carbocycles. The fourth-order valence-electron chi connectivity index (χ4n) is 3.08. The van der Waals surface area contributed by atoms with Crippen LogP contribution in [0, 0.1) is 11.8 Å². The second-order valence-corrected chi connectivity index (χ2v) is 5.91. The second-order valence-electron chi connectivity index (χ2n) is 5.91. The van der Waals surface area contributed by atoms with E-state index in [0.29, 0.717) is 11.8 Å². The first-order valence-electron chi connectivity index (χ1n) is 7.10. The SMILES string of the molecule is CN(C)CCN1C[C@@H]2CN(c3ncccn3)C[C@@H]2C1=O. The predicted molar refractivity (Wildman–Crippen MR) is 76.4 cm³/mol. The van der Waals surface area contributed by atoms with E-state index >= 15 is 0 Å². The number of carbonyl (C=O) groups excluding carboxylic acids is 1. The Kier molecular flexibility index (Phi) is 3.56. The lowest BCUT2D eigenvalue weighted by atomic mass is 10.0. The van der Waals surface area contributed by atoms with Crippen LogP contribution in [0.3, 0.4) is 0 Å². The number of likely N-dealkylation sites (N-methyl/N-ethyl adjacent to an activating group) is 1. The van der Waals surface area contributed by atoms with Crippen LogP contribution in [0.2, 0.25) is 0 Å². The van der Waals surface area contributed by atoms with Crippen molar-refractivity contribution in [1.29, 1.82) is 0 Å². The first-order valence-corrected chi connectivity index (χ1v) is 7.10. The van der Waals surface area contributed by atoms with E-state index in [4.69, 9.17) is 0 Å². The summed E-state index contributed by atoms with van der Waals surface area (Å²) in [4.78, 5) is 27.2. The van der Waals surface area contributed by atoms with Crippen molar-refractivity contribution < 1.29 is 4.79 Å². The molecule has 2 aliphatic rings. The van der Waals surface area contributed by atoms with Crippen LogP contribution in [0.1, 0.15) is 0 Å². The van der Waals surface area contributed by atoms with Gasteiger partial charge in [-0.1, -0.05) is 0 Å². The molecule has 0 aromatic carbocycles. The molecule has 6 nitrogen and oxygen atoms in total. The highest BCUT2D eigenvalue weighted by Crippen LogP contribution is 2.33. The number of rotatable bonds is 4. The molecule has 2 aliphatic heterocycles. The molecular weight excluding hydrogens is 254 g/mol. The van der Waals surface area contributed by atoms with E-state index in [-0.39, 0.29) is 5.92 Å². The summed E-state index contributed by atoms with van der Waals surface area (Å²) >= 11 is 0. The van der Waals surface area contributed by atoms with Gasteiger partial charge in [0.2, 0.25) is 11.9 Å². The van der Waals surface area contributed by atoms with Gasteiger partial charge in [-0.3, -0.25) is 4.79 Å². The van der Waals surface area contributed by atoms with Gasteiger partial charge in [0.05, 0.1) is 5.92 Å². The molecule has 0 N–H and O–H groups in total. The monoisotopic (exact) mass is 275 g/mol. The number of nitrogens with zero attached hydrogens (tertiary/aromatic N) is 5. The predicted octanol–water partition coefficient (Wildman–Crippen LogP) is -0.0672. The van der Waals surface area contributed by atoms with Crippen LogP contribution in [-0.4, -0.2) is 72.5 Å². The number of amides is 1. The Morgan fingerprint density at radius 1 is 1.25 bits per heavy atom. The van der Waals surface area contributed by atoms with Crippen molar-refractivity contribution in [1.82, 2.24) is 19.8 Å². The molecule has 6 heteroatoms. The van der Waals surface area contributed by atoms with Crippen molar-refractivity contribution >= 4 is 11.9 Å². The van der Waals surface area contributed by atoms with Crippen molar-refractivity contribution in [3.05, 3.63) is 18.5 Å². The summed E-state index contributed by atoms with van der Waals surface area (Å²) < 4.78 is 0. The van der Waals surface area contributed by atoms with Gasteiger partial charge in [-0.25, -0.2) is 9.97 Å². The summed E-state index contributed by atoms with van der Waals surface area (Å²) in [6, 6.07) is 1.81. The molecule has 3 heterocycles. The fourth-order valence-corrected chi connectivity index (χ4v) is 3.08. The first kappa shape index (κ1) is 13.3. The highest BCUT2D eigenvalue weighted by atomic mass is 16.2. The third-order valence-electron chi connectivity index (χ3n) is 4.18. The Hall–Kier alpha value is -1.69. The van der Waals surface area contributed by atoms with Gasteiger partial charge in [0.15, 0.2) is 0 Å². The summed E-state index contributed by atoms with van der Waals surface area (Å²) in [6.07, 6.45) is 3.50. The van der Waals surface area contributed by atoms with Crippen LogP contribution in [-0.2, 0) is 4.79 Å². The number of fused-ring (bicyclic) bond motifs is 1. The Labute approximate surface area is 119 Å². The van der Waals surface area contributed by atoms with Crippen molar-refractivity contribution in [2.75, 3.05) is 51.7 Å². The zero-order valence-corrected chi connectivity index (χ0v) is 12.1. The number of carbonyl (C=O) groups is 1. The Balaban J connectivity index is 1.62. The van der Waals surface area contributed by atoms with Crippen molar-refractivity contribution in [3.63, 3.8) is 0 Å². The van der Waals surface area contributed by atoms with Crippen LogP contribution in [0.15, 0.2) is 18.5 Å². The van der Waals surface area contributed by atoms with Crippen LogP contribution >= 0.6 is 0 Å². The van der Waals surface area contributed by atoms with Gasteiger partial charge in [-0.05, 0) is 20.2 Å². The largest absolute Gasteiger partial charge is 0.341 e. The van der Waals surface area contributed by atoms with Gasteiger partial charge in [0, 0.05) is 51.0 Å². The Morgan fingerprint density at radius 2 is 2.00 bits per heavy atom. The molecule has 1 amide bonds. The quantitative estimate of drug-likeness (QED) is 0.770. The van der Waals surface area contributed by atoms with Crippen molar-refractivity contribution in [2.24, 2.45) is 11.8 Å². The highest BCUT2D eigenvalue weighted by Gasteiger charge is 2.46. The van der Waals surface area contributed by atoms with E-state index in [1.165, 1.54) is 0 Å². The summed E-state index contributed by atoms with van der Waals surface area (Å²) in [7, 11) is 4.08. The van der Waals surface area contributed by atoms with E-state index in [1.54, 1.807) is 12.4 Å². The molecular formula is C14H21N5O. The maximum atomic E-state index is 12.4. The zero-order valence-electron chi connectivity index (χ0n) is 12.1. The lowest BCUT2D eigenvalue weighted by Crippen LogP contribution is -2.37. The normalized spacial score (nSPS) is 25.6. The average molecular weight is 275 g/mol. The maximum absolute atomic E-state index is 12.4. The van der Waals surface area contributed by atoms with E-state index in [2.05, 4.69) is 19.8 Å². The van der Waals surface area contributed by atoms with Crippen molar-refractivity contribution in [2.45, 2.75) is 0 Å². The fraction of sp³-hybridized carbons (Fsp3) is 0.643. The minimum Gasteiger partial charge on any atom is -0.341 e. The number of hydrogen-bond donors (Lipinski definition) is 0. The van der Waals surface area contributed by atoms with Crippen molar-refractivity contribution in [3.8, 4) is 0 Å². The lowest BCUT2D eigenvalue weighted by molar-refractivity contribution is -0.130. The minimum atomic E-state index is 0.126. The molecule has 1 aromatic rings. The third kappa shape index (κ3) is 2.47. The molecule has 3 rings (SSSR count). The standard InChI is InChI=1S/C14H21N5O/c1-17(2)6-7-18-8-11-9-19(10-12(11)13(18)20)14-15-4-3-5-16-14/h3-5,11-12H,6-10H2,1-2H3/t11-,12+/m1/s1. The molecule has 2 saturated heterocycles. The number of aromatic nitrogens is 2.